The van der Waals surface area contributed by atoms with Crippen LogP contribution < -0.4 is 5.73 Å². The average Bonchev–Trinajstić information content (AvgIpc) is 2.25. The van der Waals surface area contributed by atoms with Gasteiger partial charge in [0.05, 0.1) is 0 Å². The number of halogens is 1. The van der Waals surface area contributed by atoms with E-state index in [2.05, 4.69) is 13.8 Å². The molecule has 0 aliphatic rings. The number of benzene rings is 1. The minimum atomic E-state index is -0.212. The number of rotatable bonds is 5. The van der Waals surface area contributed by atoms with Crippen LogP contribution in [0, 0.1) is 5.82 Å². The molecule has 1 aromatic carbocycles. The molecule has 0 aliphatic carbocycles. The molecule has 3 heteroatoms. The van der Waals surface area contributed by atoms with Crippen molar-refractivity contribution in [3.05, 3.63) is 35.6 Å². The van der Waals surface area contributed by atoms with Gasteiger partial charge in [-0.1, -0.05) is 26.0 Å². The molecule has 0 aromatic heterocycles. The Hall–Kier alpha value is -0.540. The highest BCUT2D eigenvalue weighted by atomic mass is 32.2. The van der Waals surface area contributed by atoms with Crippen LogP contribution in [0.15, 0.2) is 24.3 Å². The second-order valence-corrected chi connectivity index (χ2v) is 5.19. The van der Waals surface area contributed by atoms with Gasteiger partial charge in [0.15, 0.2) is 0 Å². The molecule has 1 rings (SSSR count). The molecule has 84 valence electrons. The molecule has 0 amide bonds. The summed E-state index contributed by atoms with van der Waals surface area (Å²) in [7, 11) is 0. The van der Waals surface area contributed by atoms with Crippen molar-refractivity contribution < 1.29 is 4.39 Å². The van der Waals surface area contributed by atoms with E-state index in [0.29, 0.717) is 5.25 Å². The maximum atomic E-state index is 12.9. The van der Waals surface area contributed by atoms with Crippen LogP contribution >= 0.6 is 11.8 Å². The molecule has 1 aromatic rings. The normalized spacial score (nSPS) is 14.9. The molecule has 2 unspecified atom stereocenters. The van der Waals surface area contributed by atoms with Gasteiger partial charge in [0.1, 0.15) is 5.82 Å². The predicted molar refractivity (Wildman–Crippen MR) is 65.5 cm³/mol. The second-order valence-electron chi connectivity index (χ2n) is 3.71. The van der Waals surface area contributed by atoms with E-state index in [0.717, 1.165) is 17.7 Å². The topological polar surface area (TPSA) is 26.0 Å². The van der Waals surface area contributed by atoms with E-state index in [1.807, 2.05) is 17.8 Å². The Morgan fingerprint density at radius 2 is 2.20 bits per heavy atom. The Kier molecular flexibility index (Phi) is 5.12. The minimum absolute atomic E-state index is 0.0697. The van der Waals surface area contributed by atoms with Gasteiger partial charge in [0.25, 0.3) is 0 Å². The lowest BCUT2D eigenvalue weighted by Crippen LogP contribution is -2.14. The summed E-state index contributed by atoms with van der Waals surface area (Å²) < 4.78 is 12.9. The number of hydrogen-bond donors (Lipinski definition) is 1. The summed E-state index contributed by atoms with van der Waals surface area (Å²) >= 11 is 1.84. The highest BCUT2D eigenvalue weighted by molar-refractivity contribution is 7.99. The number of thioether (sulfide) groups is 1. The summed E-state index contributed by atoms with van der Waals surface area (Å²) in [5, 5.41) is 0.615. The molecular weight excluding hydrogens is 209 g/mol. The van der Waals surface area contributed by atoms with E-state index >= 15 is 0 Å². The minimum Gasteiger partial charge on any atom is -0.323 e. The standard InChI is InChI=1S/C12H18FNS/c1-3-9(2)15-8-12(14)10-5-4-6-11(13)7-10/h4-7,9,12H,3,8,14H2,1-2H3. The fourth-order valence-electron chi connectivity index (χ4n) is 1.22. The molecule has 0 bridgehead atoms. The molecule has 0 aliphatic heterocycles. The first-order valence-electron chi connectivity index (χ1n) is 5.26. The van der Waals surface area contributed by atoms with Crippen molar-refractivity contribution in [3.63, 3.8) is 0 Å². The van der Waals surface area contributed by atoms with Gasteiger partial charge in [-0.2, -0.15) is 11.8 Å². The Morgan fingerprint density at radius 3 is 2.80 bits per heavy atom. The van der Waals surface area contributed by atoms with Crippen LogP contribution in [-0.2, 0) is 0 Å². The SMILES string of the molecule is CCC(C)SCC(N)c1cccc(F)c1. The first-order valence-corrected chi connectivity index (χ1v) is 6.31. The quantitative estimate of drug-likeness (QED) is 0.834. The van der Waals surface area contributed by atoms with Crippen molar-refractivity contribution in [2.75, 3.05) is 5.75 Å². The predicted octanol–water partition coefficient (Wildman–Crippen LogP) is 3.36. The van der Waals surface area contributed by atoms with E-state index in [1.54, 1.807) is 6.07 Å². The lowest BCUT2D eigenvalue weighted by Gasteiger charge is -2.14. The summed E-state index contributed by atoms with van der Waals surface area (Å²) in [6.45, 7) is 4.34. The largest absolute Gasteiger partial charge is 0.323 e. The average molecular weight is 227 g/mol. The van der Waals surface area contributed by atoms with Crippen molar-refractivity contribution in [1.29, 1.82) is 0 Å². The molecule has 1 nitrogen and oxygen atoms in total. The van der Waals surface area contributed by atoms with Gasteiger partial charge in [-0.05, 0) is 24.1 Å². The van der Waals surface area contributed by atoms with Gasteiger partial charge >= 0.3 is 0 Å². The van der Waals surface area contributed by atoms with Crippen LogP contribution in [0.4, 0.5) is 4.39 Å². The first kappa shape index (κ1) is 12.5. The summed E-state index contributed by atoms with van der Waals surface area (Å²) in [5.74, 6) is 0.634. The van der Waals surface area contributed by atoms with E-state index in [4.69, 9.17) is 5.73 Å². The lowest BCUT2D eigenvalue weighted by atomic mass is 10.1. The molecular formula is C12H18FNS. The molecule has 0 spiro atoms. The Bertz CT molecular complexity index is 303. The van der Waals surface area contributed by atoms with E-state index in [1.165, 1.54) is 12.1 Å². The Labute approximate surface area is 95.2 Å². The zero-order valence-electron chi connectivity index (χ0n) is 9.24. The molecule has 15 heavy (non-hydrogen) atoms. The Morgan fingerprint density at radius 1 is 1.47 bits per heavy atom. The summed E-state index contributed by atoms with van der Waals surface area (Å²) in [6.07, 6.45) is 1.14. The molecule has 0 fully saturated rings. The highest BCUT2D eigenvalue weighted by Crippen LogP contribution is 2.21. The van der Waals surface area contributed by atoms with Crippen LogP contribution in [-0.4, -0.2) is 11.0 Å². The summed E-state index contributed by atoms with van der Waals surface area (Å²) in [6, 6.07) is 6.48. The van der Waals surface area contributed by atoms with Gasteiger partial charge in [-0.25, -0.2) is 4.39 Å². The van der Waals surface area contributed by atoms with Crippen LogP contribution in [0.25, 0.3) is 0 Å². The van der Waals surface area contributed by atoms with Gasteiger partial charge in [-0.15, -0.1) is 0 Å². The van der Waals surface area contributed by atoms with E-state index < -0.39 is 0 Å². The van der Waals surface area contributed by atoms with Gasteiger partial charge in [0, 0.05) is 17.0 Å². The van der Waals surface area contributed by atoms with Crippen molar-refractivity contribution in [3.8, 4) is 0 Å². The van der Waals surface area contributed by atoms with Crippen molar-refractivity contribution in [2.24, 2.45) is 5.73 Å². The first-order chi connectivity index (χ1) is 7.13. The molecule has 0 saturated heterocycles. The Balaban J connectivity index is 2.50. The van der Waals surface area contributed by atoms with Gasteiger partial charge in [0.2, 0.25) is 0 Å². The number of hydrogen-bond acceptors (Lipinski definition) is 2. The monoisotopic (exact) mass is 227 g/mol. The summed E-state index contributed by atoms with van der Waals surface area (Å²) in [5.41, 5.74) is 6.86. The van der Waals surface area contributed by atoms with Crippen molar-refractivity contribution in [2.45, 2.75) is 31.6 Å². The number of nitrogens with two attached hydrogens (primary N) is 1. The molecule has 0 saturated carbocycles. The molecule has 2 atom stereocenters. The molecule has 0 radical (unpaired) electrons. The third-order valence-electron chi connectivity index (χ3n) is 2.41. The maximum Gasteiger partial charge on any atom is 0.123 e. The zero-order chi connectivity index (χ0) is 11.3. The maximum absolute atomic E-state index is 12.9. The van der Waals surface area contributed by atoms with Crippen LogP contribution in [0.1, 0.15) is 31.9 Å². The highest BCUT2D eigenvalue weighted by Gasteiger charge is 2.08. The molecule has 2 N–H and O–H groups in total. The van der Waals surface area contributed by atoms with Gasteiger partial charge in [-0.3, -0.25) is 0 Å². The fraction of sp³-hybridized carbons (Fsp3) is 0.500. The van der Waals surface area contributed by atoms with Crippen LogP contribution in [0.2, 0.25) is 0 Å². The zero-order valence-corrected chi connectivity index (χ0v) is 10.1. The van der Waals surface area contributed by atoms with Crippen LogP contribution in [0.3, 0.4) is 0 Å². The van der Waals surface area contributed by atoms with E-state index in [-0.39, 0.29) is 11.9 Å². The molecule has 0 heterocycles. The summed E-state index contributed by atoms with van der Waals surface area (Å²) in [4.78, 5) is 0. The van der Waals surface area contributed by atoms with E-state index in [9.17, 15) is 4.39 Å². The van der Waals surface area contributed by atoms with Crippen molar-refractivity contribution in [1.82, 2.24) is 0 Å². The third-order valence-corrected chi connectivity index (χ3v) is 3.87. The lowest BCUT2D eigenvalue weighted by molar-refractivity contribution is 0.622. The van der Waals surface area contributed by atoms with Crippen LogP contribution in [0.5, 0.6) is 0 Å². The van der Waals surface area contributed by atoms with Crippen molar-refractivity contribution >= 4 is 11.8 Å². The fourth-order valence-corrected chi connectivity index (χ4v) is 2.18. The second kappa shape index (κ2) is 6.13. The van der Waals surface area contributed by atoms with Gasteiger partial charge < -0.3 is 5.73 Å². The smallest absolute Gasteiger partial charge is 0.123 e. The third kappa shape index (κ3) is 4.22.